The Labute approximate surface area is 192 Å². The van der Waals surface area contributed by atoms with Crippen molar-refractivity contribution < 1.29 is 9.47 Å². The Kier molecular flexibility index (Phi) is 8.53. The van der Waals surface area contributed by atoms with Gasteiger partial charge >= 0.3 is 0 Å². The van der Waals surface area contributed by atoms with Crippen LogP contribution in [-0.4, -0.2) is 45.4 Å². The number of rotatable bonds is 8. The van der Waals surface area contributed by atoms with Gasteiger partial charge in [0.1, 0.15) is 5.75 Å². The molecule has 0 aromatic heterocycles. The Morgan fingerprint density at radius 3 is 2.47 bits per heavy atom. The van der Waals surface area contributed by atoms with Crippen molar-refractivity contribution in [2.75, 3.05) is 33.9 Å². The lowest BCUT2D eigenvalue weighted by Crippen LogP contribution is -2.58. The highest BCUT2D eigenvalue weighted by Crippen LogP contribution is 2.27. The molecule has 174 valence electrons. The van der Waals surface area contributed by atoms with Crippen LogP contribution in [0.1, 0.15) is 55.5 Å². The van der Waals surface area contributed by atoms with E-state index in [1.807, 2.05) is 13.1 Å². The number of methoxy groups -OCH3 is 1. The highest BCUT2D eigenvalue weighted by molar-refractivity contribution is 5.80. The predicted octanol–water partition coefficient (Wildman–Crippen LogP) is 4.13. The first-order valence-electron chi connectivity index (χ1n) is 11.5. The molecular weight excluding hydrogens is 400 g/mol. The number of nitrogens with one attached hydrogen (secondary N) is 3. The summed E-state index contributed by atoms with van der Waals surface area (Å²) < 4.78 is 11.2. The summed E-state index contributed by atoms with van der Waals surface area (Å²) in [6.07, 6.45) is 1.91. The Morgan fingerprint density at radius 1 is 1.09 bits per heavy atom. The third kappa shape index (κ3) is 6.24. The van der Waals surface area contributed by atoms with E-state index in [2.05, 4.69) is 84.2 Å². The first-order chi connectivity index (χ1) is 15.5. The molecule has 3 N–H and O–H groups in total. The van der Waals surface area contributed by atoms with E-state index in [0.29, 0.717) is 0 Å². The van der Waals surface area contributed by atoms with Crippen LogP contribution in [0.25, 0.3) is 0 Å². The van der Waals surface area contributed by atoms with Gasteiger partial charge in [-0.3, -0.25) is 4.99 Å². The zero-order valence-corrected chi connectivity index (χ0v) is 20.1. The average molecular weight is 439 g/mol. The minimum atomic E-state index is -0.0601. The molecule has 1 aliphatic heterocycles. The first kappa shape index (κ1) is 24.1. The van der Waals surface area contributed by atoms with Crippen molar-refractivity contribution >= 4 is 5.96 Å². The smallest absolute Gasteiger partial charge is 0.191 e. The van der Waals surface area contributed by atoms with E-state index in [0.717, 1.165) is 49.9 Å². The summed E-state index contributed by atoms with van der Waals surface area (Å²) in [5.74, 6) is 1.66. The van der Waals surface area contributed by atoms with Crippen LogP contribution < -0.4 is 20.7 Å². The number of aliphatic imine (C=N–C) groups is 1. The molecule has 1 aliphatic rings. The molecule has 0 amide bonds. The molecule has 3 rings (SSSR count). The Morgan fingerprint density at radius 2 is 1.81 bits per heavy atom. The topological polar surface area (TPSA) is 66.9 Å². The van der Waals surface area contributed by atoms with Gasteiger partial charge < -0.3 is 25.4 Å². The summed E-state index contributed by atoms with van der Waals surface area (Å²) in [5, 5.41) is 11.0. The summed E-state index contributed by atoms with van der Waals surface area (Å²) in [7, 11) is 3.52. The Hall–Kier alpha value is -2.57. The lowest BCUT2D eigenvalue weighted by Gasteiger charge is -2.41. The number of benzene rings is 2. The number of hydrogen-bond donors (Lipinski definition) is 3. The Bertz CT molecular complexity index is 879. The lowest BCUT2D eigenvalue weighted by atomic mass is 9.88. The van der Waals surface area contributed by atoms with Crippen molar-refractivity contribution in [3.63, 3.8) is 0 Å². The van der Waals surface area contributed by atoms with E-state index in [4.69, 9.17) is 9.47 Å². The number of ether oxygens (including phenoxy) is 2. The fourth-order valence-corrected chi connectivity index (χ4v) is 4.34. The molecule has 2 aromatic rings. The molecule has 0 aliphatic carbocycles. The van der Waals surface area contributed by atoms with Crippen LogP contribution >= 0.6 is 0 Å². The number of hydrogen-bond acceptors (Lipinski definition) is 4. The van der Waals surface area contributed by atoms with Crippen LogP contribution in [0.5, 0.6) is 5.75 Å². The van der Waals surface area contributed by atoms with Gasteiger partial charge in [-0.05, 0) is 45.2 Å². The van der Waals surface area contributed by atoms with Gasteiger partial charge in [-0.25, -0.2) is 0 Å². The maximum atomic E-state index is 5.68. The molecule has 6 heteroatoms. The van der Waals surface area contributed by atoms with E-state index in [1.165, 1.54) is 11.1 Å². The minimum absolute atomic E-state index is 0.0536. The van der Waals surface area contributed by atoms with E-state index < -0.39 is 0 Å². The number of guanidine groups is 1. The molecule has 1 heterocycles. The molecule has 1 fully saturated rings. The van der Waals surface area contributed by atoms with Crippen molar-refractivity contribution in [1.82, 2.24) is 16.0 Å². The molecule has 0 bridgehead atoms. The fourth-order valence-electron chi connectivity index (χ4n) is 4.34. The predicted molar refractivity (Wildman–Crippen MR) is 131 cm³/mol. The molecule has 2 unspecified atom stereocenters. The average Bonchev–Trinajstić information content (AvgIpc) is 2.82. The van der Waals surface area contributed by atoms with Gasteiger partial charge in [-0.2, -0.15) is 0 Å². The molecule has 0 saturated carbocycles. The third-order valence-corrected chi connectivity index (χ3v) is 6.29. The maximum Gasteiger partial charge on any atom is 0.191 e. The lowest BCUT2D eigenvalue weighted by molar-refractivity contribution is 0.0354. The normalized spacial score (nSPS) is 18.0. The summed E-state index contributed by atoms with van der Waals surface area (Å²) >= 11 is 0. The summed E-state index contributed by atoms with van der Waals surface area (Å²) in [4.78, 5) is 4.48. The van der Waals surface area contributed by atoms with E-state index >= 15 is 0 Å². The quantitative estimate of drug-likeness (QED) is 0.427. The summed E-state index contributed by atoms with van der Waals surface area (Å²) in [5.41, 5.74) is 3.56. The van der Waals surface area contributed by atoms with Crippen LogP contribution in [0.15, 0.2) is 53.5 Å². The zero-order chi connectivity index (χ0) is 23.0. The molecule has 2 atom stereocenters. The van der Waals surface area contributed by atoms with Gasteiger partial charge in [0.05, 0.1) is 13.2 Å². The molecule has 6 nitrogen and oxygen atoms in total. The van der Waals surface area contributed by atoms with Crippen LogP contribution in [0.3, 0.4) is 0 Å². The molecule has 0 radical (unpaired) electrons. The second-order valence-electron chi connectivity index (χ2n) is 8.71. The van der Waals surface area contributed by atoms with Gasteiger partial charge in [0.2, 0.25) is 0 Å². The minimum Gasteiger partial charge on any atom is -0.496 e. The van der Waals surface area contributed by atoms with Crippen molar-refractivity contribution in [3.05, 3.63) is 65.2 Å². The molecule has 1 saturated heterocycles. The third-order valence-electron chi connectivity index (χ3n) is 6.29. The van der Waals surface area contributed by atoms with E-state index in [-0.39, 0.29) is 17.6 Å². The second kappa shape index (κ2) is 11.3. The van der Waals surface area contributed by atoms with Crippen LogP contribution in [-0.2, 0) is 4.74 Å². The zero-order valence-electron chi connectivity index (χ0n) is 20.1. The van der Waals surface area contributed by atoms with Gasteiger partial charge in [-0.1, -0.05) is 48.0 Å². The van der Waals surface area contributed by atoms with Crippen LogP contribution in [0, 0.1) is 6.92 Å². The first-order valence-corrected chi connectivity index (χ1v) is 11.5. The highest BCUT2D eigenvalue weighted by atomic mass is 16.5. The standard InChI is InChI=1S/C26H38N4O2/c1-19-11-12-24(31-5)23(17-19)21(3)29-25(27-4)28-18-26(13-15-32-16-14-26)30-20(2)22-9-7-6-8-10-22/h6-12,17,20-21,30H,13-16,18H2,1-5H3,(H2,27,28,29). The van der Waals surface area contributed by atoms with Crippen molar-refractivity contribution in [2.24, 2.45) is 4.99 Å². The van der Waals surface area contributed by atoms with E-state index in [9.17, 15) is 0 Å². The molecule has 2 aromatic carbocycles. The van der Waals surface area contributed by atoms with E-state index in [1.54, 1.807) is 7.11 Å². The van der Waals surface area contributed by atoms with Crippen molar-refractivity contribution in [1.29, 1.82) is 0 Å². The highest BCUT2D eigenvalue weighted by Gasteiger charge is 2.34. The molecular formula is C26H38N4O2. The van der Waals surface area contributed by atoms with Gasteiger partial charge in [0, 0.05) is 44.0 Å². The van der Waals surface area contributed by atoms with Crippen LogP contribution in [0.2, 0.25) is 0 Å². The van der Waals surface area contributed by atoms with Crippen LogP contribution in [0.4, 0.5) is 0 Å². The van der Waals surface area contributed by atoms with Gasteiger partial charge in [0.15, 0.2) is 5.96 Å². The fraction of sp³-hybridized carbons (Fsp3) is 0.500. The number of aryl methyl sites for hydroxylation is 1. The largest absolute Gasteiger partial charge is 0.496 e. The number of nitrogens with zero attached hydrogens (tertiary/aromatic N) is 1. The monoisotopic (exact) mass is 438 g/mol. The molecule has 32 heavy (non-hydrogen) atoms. The molecule has 0 spiro atoms. The van der Waals surface area contributed by atoms with Crippen molar-refractivity contribution in [3.8, 4) is 5.75 Å². The summed E-state index contributed by atoms with van der Waals surface area (Å²) in [6, 6.07) is 17.1. The maximum absolute atomic E-state index is 5.68. The summed E-state index contributed by atoms with van der Waals surface area (Å²) in [6.45, 7) is 8.75. The van der Waals surface area contributed by atoms with Gasteiger partial charge in [0.25, 0.3) is 0 Å². The van der Waals surface area contributed by atoms with Gasteiger partial charge in [-0.15, -0.1) is 0 Å². The van der Waals surface area contributed by atoms with Crippen molar-refractivity contribution in [2.45, 2.75) is 51.2 Å². The second-order valence-corrected chi connectivity index (χ2v) is 8.71. The Balaban J connectivity index is 1.67. The SMILES string of the molecule is CN=C(NCC1(NC(C)c2ccccc2)CCOCC1)NC(C)c1cc(C)ccc1OC.